The number of rotatable bonds is 7. The van der Waals surface area contributed by atoms with Gasteiger partial charge in [0, 0.05) is 11.6 Å². The lowest BCUT2D eigenvalue weighted by molar-refractivity contribution is 0.174. The smallest absolute Gasteiger partial charge is 0.262 e. The third-order valence-electron chi connectivity index (χ3n) is 5.43. The Morgan fingerprint density at radius 2 is 1.97 bits per heavy atom. The van der Waals surface area contributed by atoms with Gasteiger partial charge in [0.2, 0.25) is 18.5 Å². The molecular weight excluding hydrogens is 472 g/mol. The zero-order chi connectivity index (χ0) is 23.8. The predicted octanol–water partition coefficient (Wildman–Crippen LogP) is 4.12. The minimum absolute atomic E-state index is 0.112. The molecular formula is C24H18N4O6S. The highest BCUT2D eigenvalue weighted by atomic mass is 32.2. The highest BCUT2D eigenvalue weighted by molar-refractivity contribution is 7.98. The molecule has 1 aliphatic rings. The minimum Gasteiger partial charge on any atom is -0.497 e. The molecule has 0 fully saturated rings. The molecule has 176 valence electrons. The van der Waals surface area contributed by atoms with Crippen molar-refractivity contribution >= 4 is 22.7 Å². The summed E-state index contributed by atoms with van der Waals surface area (Å²) in [7, 11) is 1.60. The second-order valence-corrected chi connectivity index (χ2v) is 8.56. The molecule has 0 atom stereocenters. The van der Waals surface area contributed by atoms with Crippen LogP contribution < -0.4 is 19.8 Å². The molecule has 5 aromatic rings. The average Bonchev–Trinajstić information content (AvgIpc) is 3.66. The molecule has 0 spiro atoms. The van der Waals surface area contributed by atoms with E-state index < -0.39 is 0 Å². The molecule has 0 saturated carbocycles. The fourth-order valence-electron chi connectivity index (χ4n) is 3.72. The van der Waals surface area contributed by atoms with Crippen LogP contribution in [0.15, 0.2) is 73.7 Å². The molecule has 11 heteroatoms. The van der Waals surface area contributed by atoms with Crippen LogP contribution in [0.1, 0.15) is 11.7 Å². The Hall–Kier alpha value is -4.25. The maximum absolute atomic E-state index is 13.4. The van der Waals surface area contributed by atoms with E-state index in [1.807, 2.05) is 30.3 Å². The zero-order valence-electron chi connectivity index (χ0n) is 18.5. The number of thioether (sulfide) groups is 1. The van der Waals surface area contributed by atoms with E-state index in [1.165, 1.54) is 11.8 Å². The van der Waals surface area contributed by atoms with Crippen molar-refractivity contribution in [3.8, 4) is 28.6 Å². The summed E-state index contributed by atoms with van der Waals surface area (Å²) in [5, 5.41) is 4.99. The van der Waals surface area contributed by atoms with Crippen LogP contribution >= 0.6 is 11.8 Å². The van der Waals surface area contributed by atoms with Gasteiger partial charge in [-0.25, -0.2) is 4.98 Å². The Balaban J connectivity index is 1.33. The quantitative estimate of drug-likeness (QED) is 0.244. The molecule has 0 saturated heterocycles. The van der Waals surface area contributed by atoms with Gasteiger partial charge in [0.05, 0.1) is 36.6 Å². The highest BCUT2D eigenvalue weighted by Gasteiger charge is 2.20. The van der Waals surface area contributed by atoms with Gasteiger partial charge in [0.25, 0.3) is 5.56 Å². The minimum atomic E-state index is -0.213. The van der Waals surface area contributed by atoms with E-state index in [4.69, 9.17) is 28.1 Å². The van der Waals surface area contributed by atoms with Crippen LogP contribution in [0, 0.1) is 0 Å². The zero-order valence-corrected chi connectivity index (χ0v) is 19.3. The van der Waals surface area contributed by atoms with E-state index in [0.29, 0.717) is 56.5 Å². The van der Waals surface area contributed by atoms with E-state index in [0.717, 1.165) is 5.56 Å². The molecule has 4 heterocycles. The van der Waals surface area contributed by atoms with Crippen LogP contribution in [0.4, 0.5) is 0 Å². The van der Waals surface area contributed by atoms with Gasteiger partial charge in [0.15, 0.2) is 16.7 Å². The lowest BCUT2D eigenvalue weighted by Gasteiger charge is -2.12. The van der Waals surface area contributed by atoms with Gasteiger partial charge in [-0.2, -0.15) is 4.98 Å². The molecule has 35 heavy (non-hydrogen) atoms. The monoisotopic (exact) mass is 490 g/mol. The van der Waals surface area contributed by atoms with Crippen LogP contribution in [0.2, 0.25) is 0 Å². The van der Waals surface area contributed by atoms with E-state index >= 15 is 0 Å². The molecule has 0 radical (unpaired) electrons. The van der Waals surface area contributed by atoms with Crippen molar-refractivity contribution in [2.75, 3.05) is 13.9 Å². The summed E-state index contributed by atoms with van der Waals surface area (Å²) in [6, 6.07) is 14.4. The van der Waals surface area contributed by atoms with E-state index in [-0.39, 0.29) is 18.9 Å². The van der Waals surface area contributed by atoms with Gasteiger partial charge in [-0.3, -0.25) is 9.36 Å². The topological polar surface area (TPSA) is 115 Å². The fraction of sp³-hybridized carbons (Fsp3) is 0.167. The molecule has 3 aromatic heterocycles. The SMILES string of the molecule is COc1cccc(-c2noc(CSc3nc4cc5c(cc4c(=O)n3Cc3ccco3)OCO5)n2)c1. The molecule has 0 unspecified atom stereocenters. The first-order valence-electron chi connectivity index (χ1n) is 10.6. The second-order valence-electron chi connectivity index (χ2n) is 7.62. The van der Waals surface area contributed by atoms with Gasteiger partial charge >= 0.3 is 0 Å². The van der Waals surface area contributed by atoms with Crippen LogP contribution in [-0.4, -0.2) is 33.6 Å². The summed E-state index contributed by atoms with van der Waals surface area (Å²) in [5.74, 6) is 3.59. The number of hydrogen-bond donors (Lipinski definition) is 0. The Morgan fingerprint density at radius 3 is 2.80 bits per heavy atom. The van der Waals surface area contributed by atoms with Crippen molar-refractivity contribution in [1.82, 2.24) is 19.7 Å². The van der Waals surface area contributed by atoms with Crippen molar-refractivity contribution in [3.05, 3.63) is 76.8 Å². The Labute approximate surface area is 202 Å². The number of benzene rings is 2. The number of hydrogen-bond acceptors (Lipinski definition) is 10. The standard InChI is InChI=1S/C24H18N4O6S/c1-30-15-5-2-4-14(8-15)22-26-21(34-27-22)12-35-24-25-18-10-20-19(32-13-33-20)9-17(18)23(29)28(24)11-16-6-3-7-31-16/h2-10H,11-13H2,1H3. The highest BCUT2D eigenvalue weighted by Crippen LogP contribution is 2.35. The average molecular weight is 490 g/mol. The second kappa shape index (κ2) is 8.84. The molecule has 0 bridgehead atoms. The first-order valence-corrected chi connectivity index (χ1v) is 11.6. The van der Waals surface area contributed by atoms with Gasteiger partial charge in [0.1, 0.15) is 11.5 Å². The Morgan fingerprint density at radius 1 is 1.09 bits per heavy atom. The number of ether oxygens (including phenoxy) is 3. The Bertz CT molecular complexity index is 1580. The molecule has 1 aliphatic heterocycles. The van der Waals surface area contributed by atoms with Crippen molar-refractivity contribution in [2.24, 2.45) is 0 Å². The summed E-state index contributed by atoms with van der Waals surface area (Å²) in [6.45, 7) is 0.338. The van der Waals surface area contributed by atoms with Crippen molar-refractivity contribution in [2.45, 2.75) is 17.5 Å². The van der Waals surface area contributed by atoms with Gasteiger partial charge in [-0.05, 0) is 30.3 Å². The number of aromatic nitrogens is 4. The maximum atomic E-state index is 13.4. The Kier molecular flexibility index (Phi) is 5.38. The van der Waals surface area contributed by atoms with E-state index in [9.17, 15) is 4.79 Å². The fourth-order valence-corrected chi connectivity index (χ4v) is 4.55. The van der Waals surface area contributed by atoms with Crippen molar-refractivity contribution < 1.29 is 23.2 Å². The van der Waals surface area contributed by atoms with E-state index in [2.05, 4.69) is 10.1 Å². The summed E-state index contributed by atoms with van der Waals surface area (Å²) in [4.78, 5) is 22.7. The normalized spacial score (nSPS) is 12.4. The lowest BCUT2D eigenvalue weighted by Crippen LogP contribution is -2.23. The number of nitrogens with zero attached hydrogens (tertiary/aromatic N) is 4. The molecule has 10 nitrogen and oxygen atoms in total. The van der Waals surface area contributed by atoms with Crippen molar-refractivity contribution in [3.63, 3.8) is 0 Å². The summed E-state index contributed by atoms with van der Waals surface area (Å²) in [6.07, 6.45) is 1.57. The van der Waals surface area contributed by atoms with Gasteiger partial charge in [-0.1, -0.05) is 29.1 Å². The van der Waals surface area contributed by atoms with Crippen LogP contribution in [-0.2, 0) is 12.3 Å². The first-order chi connectivity index (χ1) is 17.2. The predicted molar refractivity (Wildman–Crippen MR) is 126 cm³/mol. The number of methoxy groups -OCH3 is 1. The summed E-state index contributed by atoms with van der Waals surface area (Å²) < 4.78 is 28.6. The number of furan rings is 1. The molecule has 0 amide bonds. The largest absolute Gasteiger partial charge is 0.497 e. The molecule has 0 aliphatic carbocycles. The van der Waals surface area contributed by atoms with Gasteiger partial charge in [-0.15, -0.1) is 0 Å². The van der Waals surface area contributed by atoms with Crippen LogP contribution in [0.25, 0.3) is 22.3 Å². The van der Waals surface area contributed by atoms with Crippen LogP contribution in [0.5, 0.6) is 17.2 Å². The molecule has 6 rings (SSSR count). The molecule has 2 aromatic carbocycles. The molecule has 0 N–H and O–H groups in total. The summed E-state index contributed by atoms with van der Waals surface area (Å²) in [5.41, 5.74) is 1.08. The lowest BCUT2D eigenvalue weighted by atomic mass is 10.2. The number of fused-ring (bicyclic) bond motifs is 2. The maximum Gasteiger partial charge on any atom is 0.262 e. The summed E-state index contributed by atoms with van der Waals surface area (Å²) >= 11 is 1.32. The van der Waals surface area contributed by atoms with Gasteiger partial charge < -0.3 is 23.2 Å². The first kappa shape index (κ1) is 21.3. The third-order valence-corrected chi connectivity index (χ3v) is 6.39. The van der Waals surface area contributed by atoms with Crippen molar-refractivity contribution in [1.29, 1.82) is 0 Å². The van der Waals surface area contributed by atoms with E-state index in [1.54, 1.807) is 36.1 Å². The third kappa shape index (κ3) is 4.10. The van der Waals surface area contributed by atoms with Crippen LogP contribution in [0.3, 0.4) is 0 Å².